The lowest BCUT2D eigenvalue weighted by Gasteiger charge is -2.20. The molecular weight excluding hydrogens is 364 g/mol. The molecule has 0 unspecified atom stereocenters. The molecule has 0 bridgehead atoms. The van der Waals surface area contributed by atoms with E-state index >= 15 is 0 Å². The molecule has 5 heteroatoms. The van der Waals surface area contributed by atoms with E-state index in [1.807, 2.05) is 18.2 Å². The number of carbonyl (C=O) groups excluding carboxylic acids is 1. The van der Waals surface area contributed by atoms with Gasteiger partial charge in [-0.25, -0.2) is 0 Å². The van der Waals surface area contributed by atoms with E-state index in [1.165, 1.54) is 11.1 Å². The molecule has 158 valence electrons. The molecule has 0 fully saturated rings. The first kappa shape index (κ1) is 22.8. The third-order valence-electron chi connectivity index (χ3n) is 5.20. The van der Waals surface area contributed by atoms with Crippen molar-refractivity contribution in [3.63, 3.8) is 0 Å². The van der Waals surface area contributed by atoms with E-state index in [9.17, 15) is 4.79 Å². The summed E-state index contributed by atoms with van der Waals surface area (Å²) in [5.74, 6) is 2.31. The highest BCUT2D eigenvalue weighted by atomic mass is 16.5. The minimum absolute atomic E-state index is 0.0178. The van der Waals surface area contributed by atoms with Crippen molar-refractivity contribution in [2.75, 3.05) is 20.8 Å². The average molecular weight is 400 g/mol. The molecule has 0 radical (unpaired) electrons. The fraction of sp³-hybridized carbons (Fsp3) is 0.458. The Morgan fingerprint density at radius 3 is 2.10 bits per heavy atom. The molecule has 0 saturated carbocycles. The normalized spacial score (nSPS) is 12.1. The van der Waals surface area contributed by atoms with Gasteiger partial charge in [0.05, 0.1) is 14.2 Å². The molecule has 0 aliphatic heterocycles. The third-order valence-corrected chi connectivity index (χ3v) is 5.20. The highest BCUT2D eigenvalue weighted by Crippen LogP contribution is 2.27. The molecule has 0 spiro atoms. The molecule has 0 aliphatic rings. The second-order valence-corrected chi connectivity index (χ2v) is 8.00. The zero-order chi connectivity index (χ0) is 21.4. The summed E-state index contributed by atoms with van der Waals surface area (Å²) >= 11 is 0. The monoisotopic (exact) mass is 399 g/mol. The van der Waals surface area contributed by atoms with Crippen molar-refractivity contribution < 1.29 is 19.6 Å². The molecule has 0 aliphatic carbocycles. The molecule has 1 atom stereocenters. The lowest BCUT2D eigenvalue weighted by molar-refractivity contribution is -0.692. The van der Waals surface area contributed by atoms with Gasteiger partial charge >= 0.3 is 0 Å². The Bertz CT molecular complexity index is 785. The molecule has 3 N–H and O–H groups in total. The first-order valence-electron chi connectivity index (χ1n) is 10.3. The van der Waals surface area contributed by atoms with E-state index < -0.39 is 0 Å². The van der Waals surface area contributed by atoms with E-state index in [0.29, 0.717) is 36.4 Å². The Hall–Kier alpha value is -2.53. The zero-order valence-electron chi connectivity index (χ0n) is 18.5. The van der Waals surface area contributed by atoms with Crippen LogP contribution in [0.15, 0.2) is 42.5 Å². The Kier molecular flexibility index (Phi) is 8.52. The molecule has 2 aromatic carbocycles. The first-order chi connectivity index (χ1) is 13.8. The second kappa shape index (κ2) is 10.9. The summed E-state index contributed by atoms with van der Waals surface area (Å²) < 4.78 is 10.6. The maximum Gasteiger partial charge on any atom is 0.275 e. The molecule has 2 aromatic rings. The van der Waals surface area contributed by atoms with Crippen LogP contribution in [-0.4, -0.2) is 26.7 Å². The minimum Gasteiger partial charge on any atom is -0.493 e. The topological polar surface area (TPSA) is 64.2 Å². The summed E-state index contributed by atoms with van der Waals surface area (Å²) in [6.45, 7) is 9.64. The predicted molar refractivity (Wildman–Crippen MR) is 116 cm³/mol. The van der Waals surface area contributed by atoms with Gasteiger partial charge in [-0.2, -0.15) is 0 Å². The van der Waals surface area contributed by atoms with Crippen molar-refractivity contribution in [3.05, 3.63) is 59.2 Å². The summed E-state index contributed by atoms with van der Waals surface area (Å²) in [5.41, 5.74) is 3.57. The van der Waals surface area contributed by atoms with E-state index in [1.54, 1.807) is 14.2 Å². The molecule has 0 saturated heterocycles. The quantitative estimate of drug-likeness (QED) is 0.644. The maximum absolute atomic E-state index is 12.4. The van der Waals surface area contributed by atoms with Crippen molar-refractivity contribution in [3.8, 4) is 11.5 Å². The lowest BCUT2D eigenvalue weighted by Crippen LogP contribution is -2.88. The smallest absolute Gasteiger partial charge is 0.275 e. The maximum atomic E-state index is 12.4. The number of methoxy groups -OCH3 is 2. The number of rotatable bonds is 10. The largest absolute Gasteiger partial charge is 0.493 e. The van der Waals surface area contributed by atoms with Gasteiger partial charge in [-0.3, -0.25) is 4.79 Å². The van der Waals surface area contributed by atoms with Crippen molar-refractivity contribution in [2.24, 2.45) is 5.92 Å². The summed E-state index contributed by atoms with van der Waals surface area (Å²) in [6.07, 6.45) is 0. The van der Waals surface area contributed by atoms with Gasteiger partial charge in [-0.05, 0) is 29.2 Å². The van der Waals surface area contributed by atoms with Crippen LogP contribution in [0.5, 0.6) is 11.5 Å². The number of amides is 1. The molecular formula is C24H35N2O3+. The van der Waals surface area contributed by atoms with Gasteiger partial charge in [0.15, 0.2) is 18.0 Å². The minimum atomic E-state index is 0.0178. The number of benzene rings is 2. The number of hydrogen-bond donors (Lipinski definition) is 2. The summed E-state index contributed by atoms with van der Waals surface area (Å²) in [5, 5.41) is 5.11. The summed E-state index contributed by atoms with van der Waals surface area (Å²) in [4.78, 5) is 12.4. The highest BCUT2D eigenvalue weighted by molar-refractivity contribution is 5.76. The van der Waals surface area contributed by atoms with Crippen molar-refractivity contribution in [1.82, 2.24) is 5.32 Å². The van der Waals surface area contributed by atoms with E-state index in [2.05, 4.69) is 62.6 Å². The van der Waals surface area contributed by atoms with Crippen LogP contribution in [-0.2, 0) is 11.3 Å². The van der Waals surface area contributed by atoms with Crippen LogP contribution in [0.3, 0.4) is 0 Å². The first-order valence-corrected chi connectivity index (χ1v) is 10.3. The average Bonchev–Trinajstić information content (AvgIpc) is 2.72. The molecule has 0 aromatic heterocycles. The van der Waals surface area contributed by atoms with Gasteiger partial charge in [0.1, 0.15) is 6.04 Å². The van der Waals surface area contributed by atoms with Crippen LogP contribution in [0.1, 0.15) is 56.3 Å². The van der Waals surface area contributed by atoms with Crippen LogP contribution in [0, 0.1) is 5.92 Å². The molecule has 5 nitrogen and oxygen atoms in total. The predicted octanol–water partition coefficient (Wildman–Crippen LogP) is 3.40. The fourth-order valence-electron chi connectivity index (χ4n) is 3.39. The van der Waals surface area contributed by atoms with Crippen molar-refractivity contribution in [2.45, 2.75) is 46.2 Å². The fourth-order valence-corrected chi connectivity index (χ4v) is 3.39. The Labute approximate surface area is 174 Å². The summed E-state index contributed by atoms with van der Waals surface area (Å²) in [6, 6.07) is 14.7. The van der Waals surface area contributed by atoms with Crippen LogP contribution in [0.4, 0.5) is 0 Å². The Morgan fingerprint density at radius 2 is 1.55 bits per heavy atom. The van der Waals surface area contributed by atoms with E-state index in [-0.39, 0.29) is 11.9 Å². The van der Waals surface area contributed by atoms with Crippen LogP contribution in [0.2, 0.25) is 0 Å². The molecule has 0 heterocycles. The van der Waals surface area contributed by atoms with Crippen LogP contribution < -0.4 is 20.1 Å². The highest BCUT2D eigenvalue weighted by Gasteiger charge is 2.20. The van der Waals surface area contributed by atoms with Gasteiger partial charge in [-0.15, -0.1) is 0 Å². The van der Waals surface area contributed by atoms with Crippen LogP contribution >= 0.6 is 0 Å². The van der Waals surface area contributed by atoms with Gasteiger partial charge in [-0.1, -0.05) is 58.0 Å². The number of quaternary nitrogens is 1. The standard InChI is InChI=1S/C24H34N2O3/c1-16(2)19-8-10-20(11-9-19)24(17(3)4)26-15-23(27)25-14-18-7-12-21(28-5)22(13-18)29-6/h7-13,16-17,24,26H,14-15H2,1-6H3,(H,25,27)/p+1/t24-/m0/s1. The van der Waals surface area contributed by atoms with Gasteiger partial charge in [0.2, 0.25) is 0 Å². The molecule has 29 heavy (non-hydrogen) atoms. The van der Waals surface area contributed by atoms with Gasteiger partial charge < -0.3 is 20.1 Å². The third kappa shape index (κ3) is 6.50. The number of carbonyl (C=O) groups is 1. The number of hydrogen-bond acceptors (Lipinski definition) is 3. The van der Waals surface area contributed by atoms with Gasteiger partial charge in [0.25, 0.3) is 5.91 Å². The van der Waals surface area contributed by atoms with Crippen molar-refractivity contribution >= 4 is 5.91 Å². The number of ether oxygens (including phenoxy) is 2. The number of nitrogens with two attached hydrogens (primary N) is 1. The van der Waals surface area contributed by atoms with Crippen molar-refractivity contribution in [1.29, 1.82) is 0 Å². The summed E-state index contributed by atoms with van der Waals surface area (Å²) in [7, 11) is 3.21. The van der Waals surface area contributed by atoms with Gasteiger partial charge in [0, 0.05) is 18.0 Å². The van der Waals surface area contributed by atoms with E-state index in [4.69, 9.17) is 9.47 Å². The number of nitrogens with one attached hydrogen (secondary N) is 1. The Balaban J connectivity index is 1.92. The molecule has 1 amide bonds. The lowest BCUT2D eigenvalue weighted by atomic mass is 9.93. The Morgan fingerprint density at radius 1 is 0.931 bits per heavy atom. The van der Waals surface area contributed by atoms with E-state index in [0.717, 1.165) is 5.56 Å². The van der Waals surface area contributed by atoms with Crippen LogP contribution in [0.25, 0.3) is 0 Å². The SMILES string of the molecule is COc1ccc(CNC(=O)C[NH2+][C@H](c2ccc(C(C)C)cc2)C(C)C)cc1OC. The zero-order valence-corrected chi connectivity index (χ0v) is 18.5. The second-order valence-electron chi connectivity index (χ2n) is 8.00. The molecule has 2 rings (SSSR count).